The number of hydrogen-bond donors (Lipinski definition) is 1. The van der Waals surface area contributed by atoms with Crippen molar-refractivity contribution in [1.29, 1.82) is 0 Å². The molecule has 0 bridgehead atoms. The summed E-state index contributed by atoms with van der Waals surface area (Å²) in [5, 5.41) is 3.02. The first-order valence-corrected chi connectivity index (χ1v) is 6.18. The SMILES string of the molecule is CCOC(=O)C(=CNc1c(C)cccc1C)C(C)=O. The van der Waals surface area contributed by atoms with Crippen LogP contribution in [0.1, 0.15) is 25.0 Å². The van der Waals surface area contributed by atoms with E-state index in [4.69, 9.17) is 4.74 Å². The number of ketones is 1. The van der Waals surface area contributed by atoms with Crippen LogP contribution in [0.2, 0.25) is 0 Å². The Kier molecular flexibility index (Phi) is 5.30. The smallest absolute Gasteiger partial charge is 0.343 e. The highest BCUT2D eigenvalue weighted by Gasteiger charge is 2.15. The fraction of sp³-hybridized carbons (Fsp3) is 0.333. The molecule has 1 N–H and O–H groups in total. The molecule has 0 spiro atoms. The van der Waals surface area contributed by atoms with E-state index in [2.05, 4.69) is 5.32 Å². The van der Waals surface area contributed by atoms with Crippen molar-refractivity contribution < 1.29 is 14.3 Å². The number of rotatable bonds is 5. The lowest BCUT2D eigenvalue weighted by atomic mass is 10.1. The highest BCUT2D eigenvalue weighted by Crippen LogP contribution is 2.19. The summed E-state index contributed by atoms with van der Waals surface area (Å²) in [5.41, 5.74) is 3.00. The van der Waals surface area contributed by atoms with Gasteiger partial charge in [0, 0.05) is 11.9 Å². The van der Waals surface area contributed by atoms with E-state index in [1.165, 1.54) is 13.1 Å². The molecule has 0 aliphatic heterocycles. The second-order valence-corrected chi connectivity index (χ2v) is 4.25. The molecule has 0 saturated heterocycles. The van der Waals surface area contributed by atoms with Gasteiger partial charge in [0.2, 0.25) is 0 Å². The molecular weight excluding hydrogens is 242 g/mol. The van der Waals surface area contributed by atoms with Crippen LogP contribution in [0.15, 0.2) is 30.0 Å². The Morgan fingerprint density at radius 3 is 2.32 bits per heavy atom. The van der Waals surface area contributed by atoms with Gasteiger partial charge < -0.3 is 10.1 Å². The van der Waals surface area contributed by atoms with E-state index in [0.717, 1.165) is 16.8 Å². The van der Waals surface area contributed by atoms with Crippen LogP contribution in [-0.2, 0) is 14.3 Å². The molecule has 0 heterocycles. The molecule has 102 valence electrons. The number of esters is 1. The van der Waals surface area contributed by atoms with Gasteiger partial charge in [0.15, 0.2) is 5.78 Å². The van der Waals surface area contributed by atoms with E-state index in [-0.39, 0.29) is 18.0 Å². The third kappa shape index (κ3) is 3.95. The maximum atomic E-state index is 11.6. The van der Waals surface area contributed by atoms with Gasteiger partial charge in [-0.1, -0.05) is 18.2 Å². The quantitative estimate of drug-likeness (QED) is 0.383. The molecule has 19 heavy (non-hydrogen) atoms. The largest absolute Gasteiger partial charge is 0.462 e. The molecule has 0 atom stereocenters. The molecule has 4 nitrogen and oxygen atoms in total. The summed E-state index contributed by atoms with van der Waals surface area (Å²) in [6.45, 7) is 7.21. The van der Waals surface area contributed by atoms with E-state index in [1.54, 1.807) is 6.92 Å². The first-order chi connectivity index (χ1) is 8.97. The van der Waals surface area contributed by atoms with Crippen LogP contribution < -0.4 is 5.32 Å². The van der Waals surface area contributed by atoms with Crippen molar-refractivity contribution in [3.63, 3.8) is 0 Å². The number of Topliss-reactive ketones (excluding diaryl/α,β-unsaturated/α-hetero) is 1. The van der Waals surface area contributed by atoms with Crippen molar-refractivity contribution in [3.8, 4) is 0 Å². The maximum absolute atomic E-state index is 11.6. The molecule has 0 aromatic heterocycles. The number of hydrogen-bond acceptors (Lipinski definition) is 4. The Bertz CT molecular complexity index is 498. The summed E-state index contributed by atoms with van der Waals surface area (Å²) < 4.78 is 4.85. The summed E-state index contributed by atoms with van der Waals surface area (Å²) >= 11 is 0. The maximum Gasteiger partial charge on any atom is 0.343 e. The van der Waals surface area contributed by atoms with Gasteiger partial charge >= 0.3 is 5.97 Å². The summed E-state index contributed by atoms with van der Waals surface area (Å²) in [7, 11) is 0. The van der Waals surface area contributed by atoms with Crippen molar-refractivity contribution in [2.45, 2.75) is 27.7 Å². The lowest BCUT2D eigenvalue weighted by molar-refractivity contribution is -0.139. The fourth-order valence-corrected chi connectivity index (χ4v) is 1.70. The van der Waals surface area contributed by atoms with Gasteiger partial charge in [0.1, 0.15) is 5.57 Å². The van der Waals surface area contributed by atoms with Crippen LogP contribution in [0, 0.1) is 13.8 Å². The van der Waals surface area contributed by atoms with Crippen molar-refractivity contribution >= 4 is 17.4 Å². The molecule has 0 aliphatic rings. The Labute approximate surface area is 113 Å². The third-order valence-electron chi connectivity index (χ3n) is 2.72. The van der Waals surface area contributed by atoms with Crippen LogP contribution in [0.25, 0.3) is 0 Å². The van der Waals surface area contributed by atoms with Gasteiger partial charge in [0.05, 0.1) is 6.61 Å². The van der Waals surface area contributed by atoms with Crippen LogP contribution in [0.5, 0.6) is 0 Å². The molecule has 1 rings (SSSR count). The summed E-state index contributed by atoms with van der Waals surface area (Å²) in [6.07, 6.45) is 1.41. The number of ether oxygens (including phenoxy) is 1. The minimum absolute atomic E-state index is 0.0181. The highest BCUT2D eigenvalue weighted by molar-refractivity contribution is 6.16. The Balaban J connectivity index is 2.99. The van der Waals surface area contributed by atoms with Gasteiger partial charge in [-0.15, -0.1) is 0 Å². The Morgan fingerprint density at radius 2 is 1.84 bits per heavy atom. The molecular formula is C15H19NO3. The molecule has 1 aromatic rings. The topological polar surface area (TPSA) is 55.4 Å². The number of anilines is 1. The summed E-state index contributed by atoms with van der Waals surface area (Å²) in [4.78, 5) is 23.1. The number of carbonyl (C=O) groups is 2. The Morgan fingerprint density at radius 1 is 1.26 bits per heavy atom. The van der Waals surface area contributed by atoms with Crippen molar-refractivity contribution in [2.75, 3.05) is 11.9 Å². The molecule has 4 heteroatoms. The zero-order valence-corrected chi connectivity index (χ0v) is 11.7. The highest BCUT2D eigenvalue weighted by atomic mass is 16.5. The van der Waals surface area contributed by atoms with Gasteiger partial charge in [-0.3, -0.25) is 4.79 Å². The first-order valence-electron chi connectivity index (χ1n) is 6.18. The molecule has 0 fully saturated rings. The summed E-state index contributed by atoms with van der Waals surface area (Å²) in [5.74, 6) is -0.925. The lowest BCUT2D eigenvalue weighted by Gasteiger charge is -2.10. The second kappa shape index (κ2) is 6.73. The molecule has 0 aliphatic carbocycles. The van der Waals surface area contributed by atoms with Crippen LogP contribution in [-0.4, -0.2) is 18.4 Å². The minimum atomic E-state index is -0.603. The average molecular weight is 261 g/mol. The standard InChI is InChI=1S/C15H19NO3/c1-5-19-15(18)13(12(4)17)9-16-14-10(2)7-6-8-11(14)3/h6-9,16H,5H2,1-4H3. The number of carbonyl (C=O) groups excluding carboxylic acids is 2. The van der Waals surface area contributed by atoms with Crippen LogP contribution in [0.3, 0.4) is 0 Å². The Hall–Kier alpha value is -2.10. The van der Waals surface area contributed by atoms with E-state index < -0.39 is 5.97 Å². The number of aryl methyl sites for hydroxylation is 2. The third-order valence-corrected chi connectivity index (χ3v) is 2.72. The van der Waals surface area contributed by atoms with E-state index >= 15 is 0 Å². The van der Waals surface area contributed by atoms with Gasteiger partial charge in [-0.25, -0.2) is 4.79 Å². The lowest BCUT2D eigenvalue weighted by Crippen LogP contribution is -2.15. The molecule has 0 radical (unpaired) electrons. The van der Waals surface area contributed by atoms with Crippen molar-refractivity contribution in [1.82, 2.24) is 0 Å². The number of nitrogens with one attached hydrogen (secondary N) is 1. The van der Waals surface area contributed by atoms with Crippen LogP contribution in [0.4, 0.5) is 5.69 Å². The minimum Gasteiger partial charge on any atom is -0.462 e. The van der Waals surface area contributed by atoms with Crippen molar-refractivity contribution in [3.05, 3.63) is 41.1 Å². The predicted molar refractivity (Wildman–Crippen MR) is 74.9 cm³/mol. The first kappa shape index (κ1) is 15.0. The predicted octanol–water partition coefficient (Wildman–Crippen LogP) is 2.75. The number of para-hydroxylation sites is 1. The van der Waals surface area contributed by atoms with E-state index in [0.29, 0.717) is 0 Å². The zero-order chi connectivity index (χ0) is 14.4. The zero-order valence-electron chi connectivity index (χ0n) is 11.7. The normalized spacial score (nSPS) is 11.1. The number of benzene rings is 1. The molecule has 0 amide bonds. The fourth-order valence-electron chi connectivity index (χ4n) is 1.70. The van der Waals surface area contributed by atoms with Gasteiger partial charge in [0.25, 0.3) is 0 Å². The monoisotopic (exact) mass is 261 g/mol. The molecule has 1 aromatic carbocycles. The second-order valence-electron chi connectivity index (χ2n) is 4.25. The molecule has 0 saturated carbocycles. The average Bonchev–Trinajstić information content (AvgIpc) is 2.32. The van der Waals surface area contributed by atoms with Gasteiger partial charge in [-0.05, 0) is 38.8 Å². The van der Waals surface area contributed by atoms with E-state index in [9.17, 15) is 9.59 Å². The molecule has 0 unspecified atom stereocenters. The van der Waals surface area contributed by atoms with Gasteiger partial charge in [-0.2, -0.15) is 0 Å². The van der Waals surface area contributed by atoms with Crippen LogP contribution >= 0.6 is 0 Å². The van der Waals surface area contributed by atoms with E-state index in [1.807, 2.05) is 32.0 Å². The summed E-state index contributed by atoms with van der Waals surface area (Å²) in [6, 6.07) is 5.87. The van der Waals surface area contributed by atoms with Crippen molar-refractivity contribution in [2.24, 2.45) is 0 Å².